The third kappa shape index (κ3) is 6.92. The van der Waals surface area contributed by atoms with Crippen molar-refractivity contribution in [3.8, 4) is 5.75 Å². The number of carbonyl (C=O) groups is 2. The second-order valence-electron chi connectivity index (χ2n) is 3.04. The van der Waals surface area contributed by atoms with E-state index in [0.29, 0.717) is 14.9 Å². The van der Waals surface area contributed by atoms with Crippen LogP contribution in [0.15, 0.2) is 16.6 Å². The van der Waals surface area contributed by atoms with E-state index in [2.05, 4.69) is 21.2 Å². The van der Waals surface area contributed by atoms with E-state index < -0.39 is 18.4 Å². The van der Waals surface area contributed by atoms with E-state index in [4.69, 9.17) is 9.84 Å². The Bertz CT molecular complexity index is 473. The maximum absolute atomic E-state index is 11.7. The zero-order chi connectivity index (χ0) is 13.0. The van der Waals surface area contributed by atoms with Gasteiger partial charge in [0.1, 0.15) is 12.3 Å². The van der Waals surface area contributed by atoms with Crippen LogP contribution in [0.25, 0.3) is 0 Å². The Kier molecular flexibility index (Phi) is 14.0. The molecule has 0 heterocycles. The first-order valence-electron chi connectivity index (χ1n) is 4.48. The van der Waals surface area contributed by atoms with Crippen LogP contribution in [0.5, 0.6) is 5.75 Å². The largest absolute Gasteiger partial charge is 1.00 e. The molecule has 1 aromatic carbocycles. The zero-order valence-corrected chi connectivity index (χ0v) is 14.5. The molecule has 5 N–H and O–H groups in total. The number of hydrogen-bond donors (Lipinski definition) is 2. The number of rotatable bonds is 4. The van der Waals surface area contributed by atoms with Gasteiger partial charge in [0.05, 0.1) is 17.1 Å². The number of ether oxygens (including phenoxy) is 1. The summed E-state index contributed by atoms with van der Waals surface area (Å²) in [6, 6.07) is 3.29. The number of carboxylic acids is 1. The summed E-state index contributed by atoms with van der Waals surface area (Å²) >= 11 is 5.29. The van der Waals surface area contributed by atoms with Crippen molar-refractivity contribution in [2.75, 3.05) is 13.7 Å². The Hall–Kier alpha value is -0.313. The predicted octanol–water partition coefficient (Wildman–Crippen LogP) is -2.12. The molecule has 0 saturated carbocycles. The zero-order valence-electron chi connectivity index (χ0n) is 10.7. The molecule has 10 heteroatoms. The number of amides is 1. The van der Waals surface area contributed by atoms with Crippen LogP contribution >= 0.6 is 38.5 Å². The SMILES string of the molecule is COc1cc(C(=O)NCC(=O)O)c(I)cc1Br.O.[Li+].[OH-]. The monoisotopic (exact) mass is 455 g/mol. The molecule has 1 amide bonds. The van der Waals surface area contributed by atoms with Crippen LogP contribution in [0.2, 0.25) is 0 Å². The molecule has 0 fully saturated rings. The van der Waals surface area contributed by atoms with Gasteiger partial charge in [-0.05, 0) is 50.7 Å². The van der Waals surface area contributed by atoms with Crippen molar-refractivity contribution >= 4 is 50.4 Å². The molecule has 7 nitrogen and oxygen atoms in total. The first kappa shape index (κ1) is 24.7. The summed E-state index contributed by atoms with van der Waals surface area (Å²) in [7, 11) is 1.49. The normalized spacial score (nSPS) is 8.35. The van der Waals surface area contributed by atoms with Crippen LogP contribution in [0, 0.1) is 3.57 Å². The quantitative estimate of drug-likeness (QED) is 0.395. The van der Waals surface area contributed by atoms with Crippen molar-refractivity contribution in [3.05, 3.63) is 25.7 Å². The molecule has 0 bridgehead atoms. The number of benzene rings is 1. The molecule has 0 aliphatic heterocycles. The molecule has 0 spiro atoms. The Morgan fingerprint density at radius 1 is 1.45 bits per heavy atom. The van der Waals surface area contributed by atoms with Gasteiger partial charge in [-0.15, -0.1) is 0 Å². The smallest absolute Gasteiger partial charge is 0.870 e. The van der Waals surface area contributed by atoms with Gasteiger partial charge < -0.3 is 26.1 Å². The molecule has 0 aromatic heterocycles. The third-order valence-corrected chi connectivity index (χ3v) is 3.40. The second-order valence-corrected chi connectivity index (χ2v) is 5.06. The second kappa shape index (κ2) is 11.4. The van der Waals surface area contributed by atoms with Gasteiger partial charge in [0.25, 0.3) is 5.91 Å². The standard InChI is InChI=1S/C10H9BrINO4.Li.2H2O/c1-17-8-2-5(7(12)3-6(8)11)10(16)13-4-9(14)15;;;/h2-3H,4H2,1H3,(H,13,16)(H,14,15);;2*1H2/q;+1;;/p-1. The summed E-state index contributed by atoms with van der Waals surface area (Å²) < 4.78 is 6.51. The third-order valence-electron chi connectivity index (χ3n) is 1.89. The number of methoxy groups -OCH3 is 1. The van der Waals surface area contributed by atoms with E-state index >= 15 is 0 Å². The molecule has 0 radical (unpaired) electrons. The summed E-state index contributed by atoms with van der Waals surface area (Å²) in [5.74, 6) is -1.01. The van der Waals surface area contributed by atoms with Gasteiger partial charge in [-0.1, -0.05) is 0 Å². The van der Waals surface area contributed by atoms with Crippen LogP contribution in [0.1, 0.15) is 10.4 Å². The van der Waals surface area contributed by atoms with Gasteiger partial charge in [0.2, 0.25) is 0 Å². The van der Waals surface area contributed by atoms with Crippen molar-refractivity contribution in [2.24, 2.45) is 0 Å². The minimum atomic E-state index is -1.09. The summed E-state index contributed by atoms with van der Waals surface area (Å²) in [6.07, 6.45) is 0. The van der Waals surface area contributed by atoms with Gasteiger partial charge >= 0.3 is 24.8 Å². The molecule has 0 aliphatic rings. The van der Waals surface area contributed by atoms with Gasteiger partial charge in [-0.2, -0.15) is 0 Å². The summed E-state index contributed by atoms with van der Waals surface area (Å²) in [6.45, 7) is -0.409. The number of carbonyl (C=O) groups excluding carboxylic acids is 1. The van der Waals surface area contributed by atoms with Gasteiger partial charge in [0.15, 0.2) is 0 Å². The number of hydrogen-bond acceptors (Lipinski definition) is 4. The molecule has 0 saturated heterocycles. The van der Waals surface area contributed by atoms with Crippen LogP contribution in [0.3, 0.4) is 0 Å². The summed E-state index contributed by atoms with van der Waals surface area (Å²) in [4.78, 5) is 22.0. The molecule has 20 heavy (non-hydrogen) atoms. The van der Waals surface area contributed by atoms with Crippen LogP contribution in [0.4, 0.5) is 0 Å². The van der Waals surface area contributed by atoms with Crippen molar-refractivity contribution in [1.29, 1.82) is 0 Å². The van der Waals surface area contributed by atoms with Crippen LogP contribution in [-0.2, 0) is 4.79 Å². The molecule has 1 rings (SSSR count). The summed E-state index contributed by atoms with van der Waals surface area (Å²) in [5, 5.41) is 10.8. The van der Waals surface area contributed by atoms with E-state index in [1.54, 1.807) is 12.1 Å². The van der Waals surface area contributed by atoms with Crippen LogP contribution < -0.4 is 28.9 Å². The Morgan fingerprint density at radius 3 is 2.45 bits per heavy atom. The minimum absolute atomic E-state index is 0. The molecule has 0 unspecified atom stereocenters. The van der Waals surface area contributed by atoms with E-state index in [1.807, 2.05) is 22.6 Å². The maximum Gasteiger partial charge on any atom is 1.00 e. The number of carboxylic acid groups (broad SMARTS) is 1. The van der Waals surface area contributed by atoms with Gasteiger partial charge in [-0.25, -0.2) is 0 Å². The molecule has 108 valence electrons. The van der Waals surface area contributed by atoms with E-state index in [1.165, 1.54) is 7.11 Å². The topological polar surface area (TPSA) is 137 Å². The molecular weight excluding hydrogens is 444 g/mol. The number of nitrogens with one attached hydrogen (secondary N) is 1. The van der Waals surface area contributed by atoms with E-state index in [-0.39, 0.29) is 29.8 Å². The van der Waals surface area contributed by atoms with Crippen LogP contribution in [-0.4, -0.2) is 41.6 Å². The Labute approximate surface area is 149 Å². The fourth-order valence-corrected chi connectivity index (χ4v) is 2.76. The molecular formula is C10H12BrILiNO6. The van der Waals surface area contributed by atoms with Crippen molar-refractivity contribution in [3.63, 3.8) is 0 Å². The van der Waals surface area contributed by atoms with E-state index in [9.17, 15) is 9.59 Å². The number of halogens is 2. The molecule has 0 aliphatic carbocycles. The minimum Gasteiger partial charge on any atom is -0.870 e. The maximum atomic E-state index is 11.7. The molecule has 1 aromatic rings. The van der Waals surface area contributed by atoms with Gasteiger partial charge in [0, 0.05) is 3.57 Å². The first-order valence-corrected chi connectivity index (χ1v) is 6.36. The molecule has 0 atom stereocenters. The van der Waals surface area contributed by atoms with Gasteiger partial charge in [-0.3, -0.25) is 9.59 Å². The first-order chi connectivity index (χ1) is 7.95. The average molecular weight is 456 g/mol. The number of aliphatic carboxylic acids is 1. The fraction of sp³-hybridized carbons (Fsp3) is 0.200. The Morgan fingerprint density at radius 2 is 2.00 bits per heavy atom. The van der Waals surface area contributed by atoms with E-state index in [0.717, 1.165) is 4.47 Å². The average Bonchev–Trinajstić information content (AvgIpc) is 2.26. The van der Waals surface area contributed by atoms with Crippen molar-refractivity contribution < 1.29 is 49.2 Å². The Balaban J connectivity index is -0.000000963. The summed E-state index contributed by atoms with van der Waals surface area (Å²) in [5.41, 5.74) is 0.381. The predicted molar refractivity (Wildman–Crippen MR) is 78.9 cm³/mol. The van der Waals surface area contributed by atoms with Crippen molar-refractivity contribution in [1.82, 2.24) is 5.32 Å². The fourth-order valence-electron chi connectivity index (χ4n) is 1.11. The van der Waals surface area contributed by atoms with Crippen molar-refractivity contribution in [2.45, 2.75) is 0 Å².